The number of carbonyl (C=O) groups excluding carboxylic acids is 2. The van der Waals surface area contributed by atoms with Crippen LogP contribution in [0.15, 0.2) is 28.8 Å². The number of amides is 2. The number of rotatable bonds is 5. The van der Waals surface area contributed by atoms with Crippen LogP contribution in [0.4, 0.5) is 5.13 Å². The Labute approximate surface area is 178 Å². The fourth-order valence-corrected chi connectivity index (χ4v) is 4.55. The van der Waals surface area contributed by atoms with Gasteiger partial charge in [-0.1, -0.05) is 28.6 Å². The summed E-state index contributed by atoms with van der Waals surface area (Å²) < 4.78 is 6.20. The summed E-state index contributed by atoms with van der Waals surface area (Å²) in [5.74, 6) is 0.680. The fourth-order valence-electron chi connectivity index (χ4n) is 3.68. The molecule has 2 aromatic heterocycles. The second-order valence-electron chi connectivity index (χ2n) is 7.55. The normalized spacial score (nSPS) is 16.0. The van der Waals surface area contributed by atoms with Crippen LogP contribution in [0.2, 0.25) is 0 Å². The van der Waals surface area contributed by atoms with Gasteiger partial charge in [0.1, 0.15) is 5.76 Å². The first-order chi connectivity index (χ1) is 14.4. The second kappa shape index (κ2) is 8.53. The van der Waals surface area contributed by atoms with Crippen LogP contribution in [-0.4, -0.2) is 64.0 Å². The molecule has 158 valence electrons. The van der Waals surface area contributed by atoms with Gasteiger partial charge >= 0.3 is 0 Å². The van der Waals surface area contributed by atoms with E-state index < -0.39 is 0 Å². The van der Waals surface area contributed by atoms with Gasteiger partial charge in [0, 0.05) is 31.7 Å². The highest BCUT2D eigenvalue weighted by Gasteiger charge is 2.28. The number of aromatic nitrogens is 2. The van der Waals surface area contributed by atoms with Crippen molar-refractivity contribution < 1.29 is 14.1 Å². The van der Waals surface area contributed by atoms with Gasteiger partial charge in [0.25, 0.3) is 0 Å². The van der Waals surface area contributed by atoms with E-state index in [9.17, 15) is 9.59 Å². The fraction of sp³-hybridized carbons (Fsp3) is 0.429. The number of para-hydroxylation sites is 1. The third-order valence-electron chi connectivity index (χ3n) is 5.63. The molecule has 0 spiro atoms. The Morgan fingerprint density at radius 2 is 1.93 bits per heavy atom. The van der Waals surface area contributed by atoms with E-state index in [2.05, 4.69) is 20.4 Å². The van der Waals surface area contributed by atoms with Crippen molar-refractivity contribution in [2.45, 2.75) is 33.2 Å². The molecule has 1 saturated heterocycles. The number of nitrogens with zero attached hydrogens (tertiary/aromatic N) is 4. The van der Waals surface area contributed by atoms with Crippen molar-refractivity contribution >= 4 is 38.5 Å². The molecule has 0 saturated carbocycles. The molecule has 1 atom stereocenters. The number of benzene rings is 1. The van der Waals surface area contributed by atoms with Gasteiger partial charge in [-0.05, 0) is 32.9 Å². The van der Waals surface area contributed by atoms with Gasteiger partial charge in [-0.3, -0.25) is 14.5 Å². The first-order valence-electron chi connectivity index (χ1n) is 10.0. The standard InChI is InChI=1S/C21H25N5O3S/c1-13-16(15(3)29-24-13)12-19(27)26-10-8-25(9-11-26)14(2)20(28)23-21-22-17-6-4-5-7-18(17)30-21/h4-7,14H,8-12H2,1-3H3,(H,22,23,28). The van der Waals surface area contributed by atoms with E-state index in [-0.39, 0.29) is 17.9 Å². The Morgan fingerprint density at radius 3 is 2.60 bits per heavy atom. The Kier molecular flexibility index (Phi) is 5.83. The van der Waals surface area contributed by atoms with Crippen molar-refractivity contribution in [3.63, 3.8) is 0 Å². The Morgan fingerprint density at radius 1 is 1.20 bits per heavy atom. The zero-order valence-corrected chi connectivity index (χ0v) is 18.2. The zero-order chi connectivity index (χ0) is 21.3. The monoisotopic (exact) mass is 427 g/mol. The van der Waals surface area contributed by atoms with E-state index >= 15 is 0 Å². The van der Waals surface area contributed by atoms with Gasteiger partial charge in [0.2, 0.25) is 11.8 Å². The maximum atomic E-state index is 12.7. The average Bonchev–Trinajstić information content (AvgIpc) is 3.30. The van der Waals surface area contributed by atoms with Gasteiger partial charge in [-0.2, -0.15) is 0 Å². The summed E-state index contributed by atoms with van der Waals surface area (Å²) in [6.07, 6.45) is 0.300. The minimum atomic E-state index is -0.295. The highest BCUT2D eigenvalue weighted by Crippen LogP contribution is 2.25. The van der Waals surface area contributed by atoms with Crippen molar-refractivity contribution in [1.29, 1.82) is 0 Å². The number of carbonyl (C=O) groups is 2. The van der Waals surface area contributed by atoms with Crippen molar-refractivity contribution in [2.75, 3.05) is 31.5 Å². The first kappa shape index (κ1) is 20.5. The Balaban J connectivity index is 1.30. The van der Waals surface area contributed by atoms with Crippen LogP contribution in [0.5, 0.6) is 0 Å². The van der Waals surface area contributed by atoms with Crippen molar-refractivity contribution in [3.05, 3.63) is 41.3 Å². The summed E-state index contributed by atoms with van der Waals surface area (Å²) in [4.78, 5) is 33.8. The molecule has 1 aromatic carbocycles. The predicted molar refractivity (Wildman–Crippen MR) is 116 cm³/mol. The molecule has 0 bridgehead atoms. The van der Waals surface area contributed by atoms with Crippen molar-refractivity contribution in [2.24, 2.45) is 0 Å². The molecule has 3 aromatic rings. The topological polar surface area (TPSA) is 91.6 Å². The first-order valence-corrected chi connectivity index (χ1v) is 10.8. The molecule has 30 heavy (non-hydrogen) atoms. The van der Waals surface area contributed by atoms with Crippen LogP contribution in [0, 0.1) is 13.8 Å². The molecular weight excluding hydrogens is 402 g/mol. The van der Waals surface area contributed by atoms with Crippen LogP contribution in [0.3, 0.4) is 0 Å². The summed E-state index contributed by atoms with van der Waals surface area (Å²) in [6.45, 7) is 8.07. The number of thiazole rings is 1. The highest BCUT2D eigenvalue weighted by molar-refractivity contribution is 7.22. The largest absolute Gasteiger partial charge is 0.361 e. The third-order valence-corrected chi connectivity index (χ3v) is 6.58. The molecule has 9 heteroatoms. The number of nitrogens with one attached hydrogen (secondary N) is 1. The molecule has 0 radical (unpaired) electrons. The lowest BCUT2D eigenvalue weighted by molar-refractivity contribution is -0.133. The lowest BCUT2D eigenvalue weighted by Crippen LogP contribution is -2.54. The highest BCUT2D eigenvalue weighted by atomic mass is 32.1. The zero-order valence-electron chi connectivity index (χ0n) is 17.3. The Bertz CT molecular complexity index is 1020. The molecule has 4 rings (SSSR count). The number of hydrogen-bond acceptors (Lipinski definition) is 7. The van der Waals surface area contributed by atoms with E-state index in [4.69, 9.17) is 4.52 Å². The summed E-state index contributed by atoms with van der Waals surface area (Å²) >= 11 is 1.47. The van der Waals surface area contributed by atoms with Gasteiger partial charge in [-0.25, -0.2) is 4.98 Å². The lowest BCUT2D eigenvalue weighted by atomic mass is 10.1. The SMILES string of the molecule is Cc1noc(C)c1CC(=O)N1CCN(C(C)C(=O)Nc2nc3ccccc3s2)CC1. The van der Waals surface area contributed by atoms with Crippen LogP contribution in [0.25, 0.3) is 10.2 Å². The number of piperazine rings is 1. The summed E-state index contributed by atoms with van der Waals surface area (Å²) in [5.41, 5.74) is 2.52. The van der Waals surface area contributed by atoms with Gasteiger partial charge in [0.15, 0.2) is 5.13 Å². The predicted octanol–water partition coefficient (Wildman–Crippen LogP) is 2.62. The van der Waals surface area contributed by atoms with Crippen LogP contribution < -0.4 is 5.32 Å². The third kappa shape index (κ3) is 4.22. The summed E-state index contributed by atoms with van der Waals surface area (Å²) in [7, 11) is 0. The Hall–Kier alpha value is -2.78. The molecule has 2 amide bonds. The number of anilines is 1. The number of fused-ring (bicyclic) bond motifs is 1. The van der Waals surface area contributed by atoms with Gasteiger partial charge < -0.3 is 14.7 Å². The molecule has 8 nitrogen and oxygen atoms in total. The molecule has 1 aliphatic heterocycles. The minimum absolute atomic E-state index is 0.0654. The van der Waals surface area contributed by atoms with Crippen molar-refractivity contribution in [3.8, 4) is 0 Å². The summed E-state index contributed by atoms with van der Waals surface area (Å²) in [5, 5.41) is 7.46. The van der Waals surface area contributed by atoms with Gasteiger partial charge in [0.05, 0.1) is 28.4 Å². The van der Waals surface area contributed by atoms with E-state index in [1.165, 1.54) is 11.3 Å². The lowest BCUT2D eigenvalue weighted by Gasteiger charge is -2.37. The molecular formula is C21H25N5O3S. The van der Waals surface area contributed by atoms with Gasteiger partial charge in [-0.15, -0.1) is 0 Å². The van der Waals surface area contributed by atoms with Crippen LogP contribution in [-0.2, 0) is 16.0 Å². The van der Waals surface area contributed by atoms with Crippen LogP contribution >= 0.6 is 11.3 Å². The summed E-state index contributed by atoms with van der Waals surface area (Å²) in [6, 6.07) is 7.52. The molecule has 1 aliphatic rings. The maximum Gasteiger partial charge on any atom is 0.243 e. The molecule has 3 heterocycles. The quantitative estimate of drug-likeness (QED) is 0.673. The second-order valence-corrected chi connectivity index (χ2v) is 8.58. The minimum Gasteiger partial charge on any atom is -0.361 e. The average molecular weight is 428 g/mol. The van der Waals surface area contributed by atoms with E-state index in [0.717, 1.165) is 21.5 Å². The number of aryl methyl sites for hydroxylation is 2. The smallest absolute Gasteiger partial charge is 0.243 e. The molecule has 1 fully saturated rings. The molecule has 1 unspecified atom stereocenters. The maximum absolute atomic E-state index is 12.7. The number of hydrogen-bond donors (Lipinski definition) is 1. The van der Waals surface area contributed by atoms with E-state index in [1.54, 1.807) is 0 Å². The molecule has 0 aliphatic carbocycles. The van der Waals surface area contributed by atoms with E-state index in [1.807, 2.05) is 49.9 Å². The van der Waals surface area contributed by atoms with Crippen molar-refractivity contribution in [1.82, 2.24) is 19.9 Å². The van der Waals surface area contributed by atoms with Crippen LogP contribution in [0.1, 0.15) is 23.9 Å². The van der Waals surface area contributed by atoms with E-state index in [0.29, 0.717) is 43.5 Å². The molecule has 1 N–H and O–H groups in total.